The van der Waals surface area contributed by atoms with Crippen LogP contribution in [0.25, 0.3) is 10.1 Å². The zero-order chi connectivity index (χ0) is 13.7. The van der Waals surface area contributed by atoms with Crippen LogP contribution in [-0.4, -0.2) is 31.5 Å². The van der Waals surface area contributed by atoms with Gasteiger partial charge in [-0.3, -0.25) is 0 Å². The van der Waals surface area contributed by atoms with Gasteiger partial charge in [-0.05, 0) is 30.9 Å². The lowest BCUT2D eigenvalue weighted by molar-refractivity contribution is 0.0929. The number of thiophene rings is 1. The highest BCUT2D eigenvalue weighted by Gasteiger charge is 2.13. The number of rotatable bonds is 7. The van der Waals surface area contributed by atoms with Crippen molar-refractivity contribution < 1.29 is 9.84 Å². The van der Waals surface area contributed by atoms with Gasteiger partial charge < -0.3 is 15.2 Å². The number of fused-ring (bicyclic) bond motifs is 1. The minimum atomic E-state index is 0.0883. The summed E-state index contributed by atoms with van der Waals surface area (Å²) in [5.74, 6) is 0. The van der Waals surface area contributed by atoms with E-state index in [4.69, 9.17) is 9.84 Å². The van der Waals surface area contributed by atoms with E-state index in [2.05, 4.69) is 43.4 Å². The summed E-state index contributed by atoms with van der Waals surface area (Å²) in [7, 11) is 0. The molecule has 0 radical (unpaired) electrons. The molecule has 0 aliphatic carbocycles. The Morgan fingerprint density at radius 3 is 2.84 bits per heavy atom. The van der Waals surface area contributed by atoms with Crippen LogP contribution in [0.2, 0.25) is 0 Å². The predicted molar refractivity (Wildman–Crippen MR) is 80.9 cm³/mol. The van der Waals surface area contributed by atoms with Crippen molar-refractivity contribution >= 4 is 21.4 Å². The SMILES string of the molecule is Cc1c(C(C)NCCOCCO)sc2ccccc12. The van der Waals surface area contributed by atoms with Crippen molar-refractivity contribution in [1.29, 1.82) is 0 Å². The molecule has 0 aliphatic heterocycles. The minimum Gasteiger partial charge on any atom is -0.394 e. The first-order chi connectivity index (χ1) is 9.24. The molecule has 4 heteroatoms. The number of aliphatic hydroxyl groups is 1. The van der Waals surface area contributed by atoms with Gasteiger partial charge in [0.15, 0.2) is 0 Å². The number of nitrogens with one attached hydrogen (secondary N) is 1. The Kier molecular flexibility index (Phi) is 5.34. The molecule has 2 N–H and O–H groups in total. The van der Waals surface area contributed by atoms with Crippen molar-refractivity contribution in [1.82, 2.24) is 5.32 Å². The van der Waals surface area contributed by atoms with Gasteiger partial charge in [0.1, 0.15) is 0 Å². The molecule has 1 atom stereocenters. The lowest BCUT2D eigenvalue weighted by Gasteiger charge is -2.13. The number of aliphatic hydroxyl groups excluding tert-OH is 1. The summed E-state index contributed by atoms with van der Waals surface area (Å²) in [5, 5.41) is 13.4. The van der Waals surface area contributed by atoms with Crippen LogP contribution < -0.4 is 5.32 Å². The third-order valence-corrected chi connectivity index (χ3v) is 4.66. The first-order valence-electron chi connectivity index (χ1n) is 6.64. The third-order valence-electron chi connectivity index (χ3n) is 3.21. The maximum absolute atomic E-state index is 8.63. The Balaban J connectivity index is 1.97. The number of benzene rings is 1. The van der Waals surface area contributed by atoms with Gasteiger partial charge in [0.05, 0.1) is 19.8 Å². The highest BCUT2D eigenvalue weighted by Crippen LogP contribution is 2.34. The van der Waals surface area contributed by atoms with Gasteiger partial charge in [-0.2, -0.15) is 0 Å². The van der Waals surface area contributed by atoms with E-state index >= 15 is 0 Å². The fourth-order valence-electron chi connectivity index (χ4n) is 2.21. The van der Waals surface area contributed by atoms with Crippen LogP contribution in [0.1, 0.15) is 23.4 Å². The Morgan fingerprint density at radius 2 is 2.11 bits per heavy atom. The summed E-state index contributed by atoms with van der Waals surface area (Å²) >= 11 is 1.86. The summed E-state index contributed by atoms with van der Waals surface area (Å²) in [5.41, 5.74) is 1.37. The van der Waals surface area contributed by atoms with Crippen molar-refractivity contribution in [3.63, 3.8) is 0 Å². The van der Waals surface area contributed by atoms with Crippen LogP contribution in [0, 0.1) is 6.92 Å². The highest BCUT2D eigenvalue weighted by atomic mass is 32.1. The topological polar surface area (TPSA) is 41.5 Å². The van der Waals surface area contributed by atoms with Crippen LogP contribution in [0.5, 0.6) is 0 Å². The smallest absolute Gasteiger partial charge is 0.0698 e. The average molecular weight is 279 g/mol. The Bertz CT molecular complexity index is 524. The van der Waals surface area contributed by atoms with Gasteiger partial charge in [-0.15, -0.1) is 11.3 Å². The zero-order valence-corrected chi connectivity index (χ0v) is 12.3. The van der Waals surface area contributed by atoms with Crippen molar-refractivity contribution in [2.24, 2.45) is 0 Å². The molecule has 0 spiro atoms. The van der Waals surface area contributed by atoms with Gasteiger partial charge in [0.2, 0.25) is 0 Å². The van der Waals surface area contributed by atoms with E-state index in [0.717, 1.165) is 6.54 Å². The summed E-state index contributed by atoms with van der Waals surface area (Å²) in [6.07, 6.45) is 0. The normalized spacial score (nSPS) is 13.0. The number of hydrogen-bond acceptors (Lipinski definition) is 4. The predicted octanol–water partition coefficient (Wildman–Crippen LogP) is 2.87. The van der Waals surface area contributed by atoms with Crippen molar-refractivity contribution in [3.8, 4) is 0 Å². The van der Waals surface area contributed by atoms with Gasteiger partial charge in [0, 0.05) is 22.2 Å². The second-order valence-corrected chi connectivity index (χ2v) is 5.68. The molecule has 0 saturated heterocycles. The molecule has 2 rings (SSSR count). The molecule has 0 saturated carbocycles. The fraction of sp³-hybridized carbons (Fsp3) is 0.467. The van der Waals surface area contributed by atoms with Crippen molar-refractivity contribution in [2.75, 3.05) is 26.4 Å². The maximum atomic E-state index is 8.63. The van der Waals surface area contributed by atoms with Crippen LogP contribution in [0.3, 0.4) is 0 Å². The van der Waals surface area contributed by atoms with Crippen LogP contribution in [0.4, 0.5) is 0 Å². The third kappa shape index (κ3) is 3.54. The molecular formula is C15H21NO2S. The Labute approximate surface area is 118 Å². The molecule has 1 unspecified atom stereocenters. The maximum Gasteiger partial charge on any atom is 0.0698 e. The first-order valence-corrected chi connectivity index (χ1v) is 7.45. The minimum absolute atomic E-state index is 0.0883. The molecule has 1 aromatic carbocycles. The lowest BCUT2D eigenvalue weighted by Crippen LogP contribution is -2.23. The van der Waals surface area contributed by atoms with E-state index in [0.29, 0.717) is 19.3 Å². The highest BCUT2D eigenvalue weighted by molar-refractivity contribution is 7.19. The second-order valence-electron chi connectivity index (χ2n) is 4.60. The molecular weight excluding hydrogens is 258 g/mol. The van der Waals surface area contributed by atoms with E-state index in [9.17, 15) is 0 Å². The van der Waals surface area contributed by atoms with E-state index in [-0.39, 0.29) is 6.61 Å². The Morgan fingerprint density at radius 1 is 1.32 bits per heavy atom. The van der Waals surface area contributed by atoms with Crippen molar-refractivity contribution in [3.05, 3.63) is 34.7 Å². The molecule has 2 aromatic rings. The Hall–Kier alpha value is -0.940. The van der Waals surface area contributed by atoms with Crippen LogP contribution in [-0.2, 0) is 4.74 Å². The fourth-order valence-corrected chi connectivity index (χ4v) is 3.45. The number of ether oxygens (including phenoxy) is 1. The second kappa shape index (κ2) is 7.01. The quantitative estimate of drug-likeness (QED) is 0.766. The molecule has 0 fully saturated rings. The van der Waals surface area contributed by atoms with Gasteiger partial charge in [-0.25, -0.2) is 0 Å². The molecule has 3 nitrogen and oxygen atoms in total. The summed E-state index contributed by atoms with van der Waals surface area (Å²) < 4.78 is 6.60. The van der Waals surface area contributed by atoms with Gasteiger partial charge >= 0.3 is 0 Å². The van der Waals surface area contributed by atoms with Gasteiger partial charge in [-0.1, -0.05) is 18.2 Å². The number of hydrogen-bond donors (Lipinski definition) is 2. The van der Waals surface area contributed by atoms with E-state index in [1.165, 1.54) is 20.5 Å². The molecule has 0 aliphatic rings. The zero-order valence-electron chi connectivity index (χ0n) is 11.5. The van der Waals surface area contributed by atoms with Gasteiger partial charge in [0.25, 0.3) is 0 Å². The summed E-state index contributed by atoms with van der Waals surface area (Å²) in [6.45, 7) is 6.31. The van der Waals surface area contributed by atoms with E-state index < -0.39 is 0 Å². The lowest BCUT2D eigenvalue weighted by atomic mass is 10.1. The van der Waals surface area contributed by atoms with Crippen molar-refractivity contribution in [2.45, 2.75) is 19.9 Å². The molecule has 0 bridgehead atoms. The summed E-state index contributed by atoms with van der Waals surface area (Å²) in [6, 6.07) is 8.86. The number of aryl methyl sites for hydroxylation is 1. The standard InChI is InChI=1S/C15H21NO2S/c1-11-13-5-3-4-6-14(13)19-15(11)12(2)16-7-9-18-10-8-17/h3-6,12,16-17H,7-10H2,1-2H3. The largest absolute Gasteiger partial charge is 0.394 e. The molecule has 19 heavy (non-hydrogen) atoms. The first kappa shape index (κ1) is 14.5. The van der Waals surface area contributed by atoms with Crippen LogP contribution >= 0.6 is 11.3 Å². The van der Waals surface area contributed by atoms with E-state index in [1.807, 2.05) is 11.3 Å². The molecule has 1 aromatic heterocycles. The average Bonchev–Trinajstić information content (AvgIpc) is 2.76. The molecule has 1 heterocycles. The monoisotopic (exact) mass is 279 g/mol. The molecule has 0 amide bonds. The summed E-state index contributed by atoms with van der Waals surface area (Å²) in [4.78, 5) is 1.39. The van der Waals surface area contributed by atoms with Crippen LogP contribution in [0.15, 0.2) is 24.3 Å². The molecule has 104 valence electrons. The van der Waals surface area contributed by atoms with E-state index in [1.54, 1.807) is 0 Å².